The van der Waals surface area contributed by atoms with Gasteiger partial charge in [-0.25, -0.2) is 5.43 Å². The van der Waals surface area contributed by atoms with E-state index in [1.165, 1.54) is 24.0 Å². The summed E-state index contributed by atoms with van der Waals surface area (Å²) in [6, 6.07) is 23.7. The third kappa shape index (κ3) is 5.72. The van der Waals surface area contributed by atoms with E-state index in [1.807, 2.05) is 60.7 Å². The molecule has 0 saturated heterocycles. The third-order valence-corrected chi connectivity index (χ3v) is 5.74. The highest BCUT2D eigenvalue weighted by Gasteiger charge is 2.17. The topological polar surface area (TPSA) is 110 Å². The lowest BCUT2D eigenvalue weighted by molar-refractivity contribution is -0.387. The Kier molecular flexibility index (Phi) is 6.91. The smallest absolute Gasteiger partial charge is 0.283 e. The molecule has 33 heavy (non-hydrogen) atoms. The second-order valence-electron chi connectivity index (χ2n) is 6.93. The molecule has 0 unspecified atom stereocenters. The maximum atomic E-state index is 11.9. The Morgan fingerprint density at radius 1 is 1.03 bits per heavy atom. The van der Waals surface area contributed by atoms with Crippen LogP contribution in [0.3, 0.4) is 0 Å². The summed E-state index contributed by atoms with van der Waals surface area (Å²) in [5, 5.41) is 19.5. The van der Waals surface area contributed by atoms with Crippen molar-refractivity contribution in [1.29, 1.82) is 0 Å². The molecular formula is C24H19N5O3S. The summed E-state index contributed by atoms with van der Waals surface area (Å²) in [5.74, 6) is -0.333. The Hall–Kier alpha value is -4.24. The quantitative estimate of drug-likeness (QED) is 0.222. The number of anilines is 1. The van der Waals surface area contributed by atoms with Crippen molar-refractivity contribution in [3.8, 4) is 0 Å². The summed E-state index contributed by atoms with van der Waals surface area (Å²) < 4.78 is 0. The van der Waals surface area contributed by atoms with Crippen LogP contribution in [0.15, 0.2) is 100.0 Å². The minimum Gasteiger partial charge on any atom is -0.376 e. The van der Waals surface area contributed by atoms with Gasteiger partial charge in [-0.3, -0.25) is 19.9 Å². The van der Waals surface area contributed by atoms with Crippen molar-refractivity contribution in [2.75, 3.05) is 11.9 Å². The summed E-state index contributed by atoms with van der Waals surface area (Å²) in [7, 11) is 0. The van der Waals surface area contributed by atoms with E-state index in [1.54, 1.807) is 18.3 Å². The number of aromatic nitrogens is 1. The third-order valence-electron chi connectivity index (χ3n) is 4.63. The maximum absolute atomic E-state index is 11.9. The predicted octanol–water partition coefficient (Wildman–Crippen LogP) is 4.86. The second kappa shape index (κ2) is 10.4. The van der Waals surface area contributed by atoms with Gasteiger partial charge < -0.3 is 5.32 Å². The molecule has 0 bridgehead atoms. The number of hydrogen-bond donors (Lipinski definition) is 2. The van der Waals surface area contributed by atoms with E-state index >= 15 is 0 Å². The van der Waals surface area contributed by atoms with Crippen LogP contribution in [0, 0.1) is 10.1 Å². The number of nitrogens with one attached hydrogen (secondary N) is 2. The van der Waals surface area contributed by atoms with E-state index in [0.717, 1.165) is 21.5 Å². The molecule has 0 fully saturated rings. The van der Waals surface area contributed by atoms with Gasteiger partial charge >= 0.3 is 0 Å². The van der Waals surface area contributed by atoms with Crippen LogP contribution < -0.4 is 10.7 Å². The minimum absolute atomic E-state index is 0.0473. The lowest BCUT2D eigenvalue weighted by Crippen LogP contribution is -2.25. The molecule has 1 aromatic heterocycles. The normalized spacial score (nSPS) is 10.9. The molecule has 0 aliphatic rings. The molecule has 4 rings (SSSR count). The van der Waals surface area contributed by atoms with Crippen molar-refractivity contribution in [2.45, 2.75) is 9.79 Å². The molecule has 0 radical (unpaired) electrons. The zero-order valence-electron chi connectivity index (χ0n) is 17.3. The number of carbonyl (C=O) groups excluding carboxylic acids is 1. The van der Waals surface area contributed by atoms with Gasteiger partial charge in [0.15, 0.2) is 0 Å². The predicted molar refractivity (Wildman–Crippen MR) is 130 cm³/mol. The Labute approximate surface area is 193 Å². The first-order valence-corrected chi connectivity index (χ1v) is 10.8. The number of pyridine rings is 1. The number of para-hydroxylation sites is 2. The minimum atomic E-state index is -0.430. The molecule has 164 valence electrons. The summed E-state index contributed by atoms with van der Waals surface area (Å²) >= 11 is 1.29. The lowest BCUT2D eigenvalue weighted by Gasteiger charge is -2.07. The number of fused-ring (bicyclic) bond motifs is 1. The molecular weight excluding hydrogens is 438 g/mol. The molecule has 1 amide bonds. The Morgan fingerprint density at radius 2 is 1.85 bits per heavy atom. The molecule has 4 aromatic rings. The molecule has 0 aliphatic heterocycles. The fourth-order valence-corrected chi connectivity index (χ4v) is 4.10. The molecule has 2 N–H and O–H groups in total. The monoisotopic (exact) mass is 457 g/mol. The van der Waals surface area contributed by atoms with Gasteiger partial charge in [-0.15, -0.1) is 0 Å². The number of carbonyl (C=O) groups is 1. The van der Waals surface area contributed by atoms with Crippen molar-refractivity contribution < 1.29 is 9.72 Å². The first-order valence-electron chi connectivity index (χ1n) is 10.0. The van der Waals surface area contributed by atoms with Gasteiger partial charge in [-0.1, -0.05) is 54.2 Å². The van der Waals surface area contributed by atoms with Crippen LogP contribution in [0.2, 0.25) is 0 Å². The Bertz CT molecular complexity index is 1320. The molecule has 9 heteroatoms. The van der Waals surface area contributed by atoms with E-state index in [4.69, 9.17) is 0 Å². The highest BCUT2D eigenvalue weighted by Crippen LogP contribution is 2.37. The van der Waals surface area contributed by atoms with E-state index in [-0.39, 0.29) is 18.1 Å². The van der Waals surface area contributed by atoms with Gasteiger partial charge in [-0.05, 0) is 30.3 Å². The number of benzene rings is 3. The number of nitrogens with zero attached hydrogens (tertiary/aromatic N) is 3. The van der Waals surface area contributed by atoms with Crippen molar-refractivity contribution >= 4 is 46.2 Å². The number of nitro benzene ring substituents is 1. The SMILES string of the molecule is O=C(CNc1ccccc1)NN=Cc1ccc(Sc2cccc3cccnc23)c([N+](=O)[O-])c1. The maximum Gasteiger partial charge on any atom is 0.283 e. The average molecular weight is 458 g/mol. The highest BCUT2D eigenvalue weighted by atomic mass is 32.2. The van der Waals surface area contributed by atoms with Gasteiger partial charge in [-0.2, -0.15) is 5.10 Å². The van der Waals surface area contributed by atoms with E-state index < -0.39 is 4.92 Å². The Morgan fingerprint density at radius 3 is 2.67 bits per heavy atom. The van der Waals surface area contributed by atoms with Crippen molar-refractivity contribution in [2.24, 2.45) is 5.10 Å². The first kappa shape index (κ1) is 22.0. The molecule has 0 saturated carbocycles. The molecule has 3 aromatic carbocycles. The van der Waals surface area contributed by atoms with Crippen LogP contribution in [0.4, 0.5) is 11.4 Å². The van der Waals surface area contributed by atoms with Crippen LogP contribution in [-0.2, 0) is 4.79 Å². The summed E-state index contributed by atoms with van der Waals surface area (Å²) in [6.07, 6.45) is 3.07. The second-order valence-corrected chi connectivity index (χ2v) is 8.01. The van der Waals surface area contributed by atoms with E-state index in [2.05, 4.69) is 20.8 Å². The van der Waals surface area contributed by atoms with Crippen LogP contribution in [-0.4, -0.2) is 28.6 Å². The fraction of sp³-hybridized carbons (Fsp3) is 0.0417. The summed E-state index contributed by atoms with van der Waals surface area (Å²) in [6.45, 7) is 0.0517. The van der Waals surface area contributed by atoms with Gasteiger partial charge in [0.25, 0.3) is 11.6 Å². The van der Waals surface area contributed by atoms with Gasteiger partial charge in [0.05, 0.1) is 28.1 Å². The fourth-order valence-electron chi connectivity index (χ4n) is 3.08. The molecule has 0 atom stereocenters. The lowest BCUT2D eigenvalue weighted by atomic mass is 10.2. The van der Waals surface area contributed by atoms with Crippen LogP contribution >= 0.6 is 11.8 Å². The van der Waals surface area contributed by atoms with Crippen molar-refractivity contribution in [3.05, 3.63) is 101 Å². The standard InChI is InChI=1S/C24H19N5O3S/c30-23(16-26-19-8-2-1-3-9-19)28-27-15-17-11-12-21(20(14-17)29(31)32)33-22-10-4-6-18-7-5-13-25-24(18)22/h1-15,26H,16H2,(H,28,30). The highest BCUT2D eigenvalue weighted by molar-refractivity contribution is 7.99. The number of rotatable bonds is 8. The van der Waals surface area contributed by atoms with Gasteiger partial charge in [0.1, 0.15) is 0 Å². The van der Waals surface area contributed by atoms with Gasteiger partial charge in [0.2, 0.25) is 0 Å². The van der Waals surface area contributed by atoms with Crippen molar-refractivity contribution in [1.82, 2.24) is 10.4 Å². The zero-order valence-corrected chi connectivity index (χ0v) is 18.2. The van der Waals surface area contributed by atoms with E-state index in [0.29, 0.717) is 10.5 Å². The average Bonchev–Trinajstić information content (AvgIpc) is 2.84. The van der Waals surface area contributed by atoms with Crippen LogP contribution in [0.5, 0.6) is 0 Å². The molecule has 1 heterocycles. The van der Waals surface area contributed by atoms with Crippen LogP contribution in [0.1, 0.15) is 5.56 Å². The van der Waals surface area contributed by atoms with Gasteiger partial charge in [0, 0.05) is 33.8 Å². The molecule has 0 aliphatic carbocycles. The summed E-state index contributed by atoms with van der Waals surface area (Å²) in [4.78, 5) is 28.9. The summed E-state index contributed by atoms with van der Waals surface area (Å²) in [5.41, 5.74) is 4.47. The zero-order chi connectivity index (χ0) is 23.0. The molecule has 8 nitrogen and oxygen atoms in total. The Balaban J connectivity index is 1.44. The van der Waals surface area contributed by atoms with E-state index in [9.17, 15) is 14.9 Å². The largest absolute Gasteiger partial charge is 0.376 e. The van der Waals surface area contributed by atoms with Crippen LogP contribution in [0.25, 0.3) is 10.9 Å². The number of hydrogen-bond acceptors (Lipinski definition) is 7. The van der Waals surface area contributed by atoms with Crippen molar-refractivity contribution in [3.63, 3.8) is 0 Å². The molecule has 0 spiro atoms. The first-order chi connectivity index (χ1) is 16.1. The number of amides is 1. The number of hydrazone groups is 1. The number of nitro groups is 1.